The van der Waals surface area contributed by atoms with Crippen molar-refractivity contribution in [3.63, 3.8) is 0 Å². The normalized spacial score (nSPS) is 15.0. The number of nitrogens with one attached hydrogen (secondary N) is 1. The second-order valence-corrected chi connectivity index (χ2v) is 7.45. The number of hydrogen-bond acceptors (Lipinski definition) is 6. The Bertz CT molecular complexity index is 1120. The molecule has 0 aliphatic carbocycles. The van der Waals surface area contributed by atoms with Gasteiger partial charge in [0.2, 0.25) is 0 Å². The maximum absolute atomic E-state index is 14.6. The van der Waals surface area contributed by atoms with Crippen molar-refractivity contribution in [3.8, 4) is 5.75 Å². The van der Waals surface area contributed by atoms with E-state index in [-0.39, 0.29) is 42.1 Å². The standard InChI is InChI=1S/C24H26FN3O6/c1-3-32-21(29)13-17-8-5-14-11-16(7-10-20(14)34-17)27-23(30)18-9-6-15(12-19(18)25)22(26)28-24(31)33-4-2/h6-7,9-12,17H,3-5,8,13H2,1-2H3,(H,27,30)(H2,26,28,31). The second-order valence-electron chi connectivity index (χ2n) is 7.45. The van der Waals surface area contributed by atoms with Gasteiger partial charge in [0.05, 0.1) is 25.2 Å². The van der Waals surface area contributed by atoms with Crippen molar-refractivity contribution < 1.29 is 33.0 Å². The first-order valence-corrected chi connectivity index (χ1v) is 10.9. The van der Waals surface area contributed by atoms with E-state index in [0.29, 0.717) is 30.9 Å². The lowest BCUT2D eigenvalue weighted by atomic mass is 10.00. The number of rotatable bonds is 7. The van der Waals surface area contributed by atoms with Crippen LogP contribution in [0.5, 0.6) is 5.75 Å². The SMILES string of the molecule is CCOC(=O)CC1CCc2cc(NC(=O)c3ccc(/C(N)=N\C(=O)OCC)cc3F)ccc2O1. The summed E-state index contributed by atoms with van der Waals surface area (Å²) in [5, 5.41) is 2.66. The molecule has 34 heavy (non-hydrogen) atoms. The zero-order valence-corrected chi connectivity index (χ0v) is 18.9. The number of halogens is 1. The molecule has 0 radical (unpaired) electrons. The van der Waals surface area contributed by atoms with E-state index >= 15 is 0 Å². The van der Waals surface area contributed by atoms with Crippen molar-refractivity contribution >= 4 is 29.5 Å². The molecule has 0 spiro atoms. The van der Waals surface area contributed by atoms with Gasteiger partial charge in [0.25, 0.3) is 5.91 Å². The number of esters is 1. The Hall–Kier alpha value is -3.95. The Morgan fingerprint density at radius 2 is 1.91 bits per heavy atom. The number of benzene rings is 2. The molecule has 2 amide bonds. The van der Waals surface area contributed by atoms with E-state index in [9.17, 15) is 18.8 Å². The monoisotopic (exact) mass is 471 g/mol. The number of hydrogen-bond donors (Lipinski definition) is 2. The van der Waals surface area contributed by atoms with Crippen LogP contribution >= 0.6 is 0 Å². The Kier molecular flexibility index (Phi) is 8.18. The molecule has 0 bridgehead atoms. The molecule has 3 rings (SSSR count). The predicted molar refractivity (Wildman–Crippen MR) is 123 cm³/mol. The van der Waals surface area contributed by atoms with Gasteiger partial charge in [-0.05, 0) is 62.6 Å². The van der Waals surface area contributed by atoms with Crippen LogP contribution < -0.4 is 15.8 Å². The number of amides is 2. The molecular formula is C24H26FN3O6. The van der Waals surface area contributed by atoms with Crippen LogP contribution in [0.3, 0.4) is 0 Å². The van der Waals surface area contributed by atoms with E-state index < -0.39 is 17.8 Å². The molecule has 2 aromatic rings. The number of ether oxygens (including phenoxy) is 3. The molecule has 2 aromatic carbocycles. The Labute approximate surface area is 196 Å². The van der Waals surface area contributed by atoms with E-state index in [0.717, 1.165) is 11.6 Å². The van der Waals surface area contributed by atoms with E-state index in [1.165, 1.54) is 12.1 Å². The van der Waals surface area contributed by atoms with Crippen molar-refractivity contribution in [1.82, 2.24) is 0 Å². The number of carbonyl (C=O) groups is 3. The first-order valence-electron chi connectivity index (χ1n) is 10.9. The summed E-state index contributed by atoms with van der Waals surface area (Å²) >= 11 is 0. The van der Waals surface area contributed by atoms with Crippen LogP contribution in [0.15, 0.2) is 41.4 Å². The van der Waals surface area contributed by atoms with Gasteiger partial charge in [-0.25, -0.2) is 9.18 Å². The molecule has 1 aliphatic heterocycles. The molecule has 0 fully saturated rings. The van der Waals surface area contributed by atoms with Crippen LogP contribution in [0.2, 0.25) is 0 Å². The number of nitrogens with two attached hydrogens (primary N) is 1. The Balaban J connectivity index is 1.66. The predicted octanol–water partition coefficient (Wildman–Crippen LogP) is 3.59. The zero-order valence-electron chi connectivity index (χ0n) is 18.9. The summed E-state index contributed by atoms with van der Waals surface area (Å²) in [5.74, 6) is -1.37. The fourth-order valence-electron chi connectivity index (χ4n) is 3.45. The summed E-state index contributed by atoms with van der Waals surface area (Å²) in [7, 11) is 0. The number of carbonyl (C=O) groups excluding carboxylic acids is 3. The molecule has 1 unspecified atom stereocenters. The largest absolute Gasteiger partial charge is 0.490 e. The fourth-order valence-corrected chi connectivity index (χ4v) is 3.45. The van der Waals surface area contributed by atoms with Gasteiger partial charge in [0, 0.05) is 11.3 Å². The number of fused-ring (bicyclic) bond motifs is 1. The van der Waals surface area contributed by atoms with Crippen molar-refractivity contribution in [1.29, 1.82) is 0 Å². The van der Waals surface area contributed by atoms with Gasteiger partial charge in [-0.1, -0.05) is 6.07 Å². The highest BCUT2D eigenvalue weighted by Gasteiger charge is 2.23. The second kappa shape index (κ2) is 11.3. The quantitative estimate of drug-likeness (QED) is 0.359. The minimum Gasteiger partial charge on any atom is -0.490 e. The van der Waals surface area contributed by atoms with E-state index in [1.807, 2.05) is 0 Å². The average molecular weight is 471 g/mol. The summed E-state index contributed by atoms with van der Waals surface area (Å²) in [6.07, 6.45) is 0.320. The first kappa shape index (κ1) is 24.7. The molecule has 9 nitrogen and oxygen atoms in total. The number of aliphatic imine (C=N–C) groups is 1. The van der Waals surface area contributed by atoms with Gasteiger partial charge in [-0.2, -0.15) is 4.99 Å². The van der Waals surface area contributed by atoms with E-state index in [4.69, 9.17) is 15.2 Å². The summed E-state index contributed by atoms with van der Waals surface area (Å²) in [5.41, 5.74) is 7.00. The molecule has 1 atom stereocenters. The van der Waals surface area contributed by atoms with Gasteiger partial charge >= 0.3 is 12.1 Å². The van der Waals surface area contributed by atoms with Gasteiger partial charge < -0.3 is 25.3 Å². The van der Waals surface area contributed by atoms with E-state index in [2.05, 4.69) is 15.0 Å². The highest BCUT2D eigenvalue weighted by atomic mass is 19.1. The average Bonchev–Trinajstić information content (AvgIpc) is 2.79. The maximum Gasteiger partial charge on any atom is 0.435 e. The molecule has 10 heteroatoms. The lowest BCUT2D eigenvalue weighted by Gasteiger charge is -2.26. The molecule has 1 aliphatic rings. The molecule has 3 N–H and O–H groups in total. The van der Waals surface area contributed by atoms with Crippen LogP contribution in [0.25, 0.3) is 0 Å². The Morgan fingerprint density at radius 3 is 2.62 bits per heavy atom. The van der Waals surface area contributed by atoms with Crippen molar-refractivity contribution in [2.24, 2.45) is 10.7 Å². The highest BCUT2D eigenvalue weighted by molar-refractivity contribution is 6.06. The lowest BCUT2D eigenvalue weighted by molar-refractivity contribution is -0.145. The molecule has 180 valence electrons. The summed E-state index contributed by atoms with van der Waals surface area (Å²) < 4.78 is 30.1. The smallest absolute Gasteiger partial charge is 0.435 e. The first-order chi connectivity index (χ1) is 16.3. The summed E-state index contributed by atoms with van der Waals surface area (Å²) in [6, 6.07) is 8.77. The van der Waals surface area contributed by atoms with Gasteiger partial charge in [-0.3, -0.25) is 9.59 Å². The minimum absolute atomic E-state index is 0.131. The number of anilines is 1. The summed E-state index contributed by atoms with van der Waals surface area (Å²) in [4.78, 5) is 39.2. The van der Waals surface area contributed by atoms with Crippen LogP contribution in [-0.2, 0) is 20.7 Å². The van der Waals surface area contributed by atoms with Crippen LogP contribution in [0, 0.1) is 5.82 Å². The van der Waals surface area contributed by atoms with Crippen LogP contribution in [0.1, 0.15) is 48.2 Å². The maximum atomic E-state index is 14.6. The third kappa shape index (κ3) is 6.31. The summed E-state index contributed by atoms with van der Waals surface area (Å²) in [6.45, 7) is 3.82. The van der Waals surface area contributed by atoms with Gasteiger partial charge in [0.15, 0.2) is 0 Å². The van der Waals surface area contributed by atoms with Crippen molar-refractivity contribution in [3.05, 3.63) is 58.9 Å². The van der Waals surface area contributed by atoms with Crippen LogP contribution in [0.4, 0.5) is 14.9 Å². The van der Waals surface area contributed by atoms with E-state index in [1.54, 1.807) is 32.0 Å². The third-order valence-corrected chi connectivity index (χ3v) is 5.04. The minimum atomic E-state index is -0.883. The molecule has 0 saturated heterocycles. The van der Waals surface area contributed by atoms with Gasteiger partial charge in [-0.15, -0.1) is 0 Å². The zero-order chi connectivity index (χ0) is 24.7. The number of aryl methyl sites for hydroxylation is 1. The fraction of sp³-hybridized carbons (Fsp3) is 0.333. The third-order valence-electron chi connectivity index (χ3n) is 5.04. The van der Waals surface area contributed by atoms with Crippen LogP contribution in [-0.4, -0.2) is 43.1 Å². The van der Waals surface area contributed by atoms with Gasteiger partial charge in [0.1, 0.15) is 23.5 Å². The topological polar surface area (TPSA) is 129 Å². The molecular weight excluding hydrogens is 445 g/mol. The lowest BCUT2D eigenvalue weighted by Crippen LogP contribution is -2.26. The number of amidine groups is 1. The molecule has 0 saturated carbocycles. The number of nitrogens with zero attached hydrogens (tertiary/aromatic N) is 1. The Morgan fingerprint density at radius 1 is 1.15 bits per heavy atom. The molecule has 0 aromatic heterocycles. The highest BCUT2D eigenvalue weighted by Crippen LogP contribution is 2.31. The van der Waals surface area contributed by atoms with Crippen molar-refractivity contribution in [2.45, 2.75) is 39.2 Å². The molecule has 1 heterocycles. The van der Waals surface area contributed by atoms with Crippen molar-refractivity contribution in [2.75, 3.05) is 18.5 Å².